The maximum absolute atomic E-state index is 13.2. The third-order valence-electron chi connectivity index (χ3n) is 3.26. The molecular formula is C13H16FNO. The molecule has 0 bridgehead atoms. The smallest absolute Gasteiger partial charge is 0.166 e. The third-order valence-corrected chi connectivity index (χ3v) is 3.26. The molecule has 0 aliphatic heterocycles. The number of halogens is 1. The zero-order valence-corrected chi connectivity index (χ0v) is 9.21. The van der Waals surface area contributed by atoms with Crippen molar-refractivity contribution in [1.29, 1.82) is 0 Å². The lowest BCUT2D eigenvalue weighted by molar-refractivity contribution is 0.0889. The van der Waals surface area contributed by atoms with Crippen LogP contribution in [0.5, 0.6) is 0 Å². The summed E-state index contributed by atoms with van der Waals surface area (Å²) >= 11 is 0. The van der Waals surface area contributed by atoms with Gasteiger partial charge in [0.25, 0.3) is 0 Å². The van der Waals surface area contributed by atoms with Crippen LogP contribution in [-0.4, -0.2) is 5.78 Å². The van der Waals surface area contributed by atoms with E-state index in [1.807, 2.05) is 0 Å². The summed E-state index contributed by atoms with van der Waals surface area (Å²) in [4.78, 5) is 12.1. The Kier molecular flexibility index (Phi) is 3.22. The predicted molar refractivity (Wildman–Crippen MR) is 61.7 cm³/mol. The molecule has 2 N–H and O–H groups in total. The number of carbonyl (C=O) groups is 1. The zero-order valence-electron chi connectivity index (χ0n) is 9.21. The molecule has 0 saturated heterocycles. The number of hydrogen-bond donors (Lipinski definition) is 1. The van der Waals surface area contributed by atoms with Crippen molar-refractivity contribution in [3.8, 4) is 0 Å². The van der Waals surface area contributed by atoms with Crippen LogP contribution >= 0.6 is 0 Å². The van der Waals surface area contributed by atoms with Crippen LogP contribution in [0.25, 0.3) is 0 Å². The van der Waals surface area contributed by atoms with E-state index in [1.54, 1.807) is 6.07 Å². The van der Waals surface area contributed by atoms with Crippen molar-refractivity contribution in [2.45, 2.75) is 32.1 Å². The van der Waals surface area contributed by atoms with Crippen molar-refractivity contribution in [1.82, 2.24) is 0 Å². The number of nitrogen functional groups attached to an aromatic ring is 1. The first kappa shape index (κ1) is 11.1. The molecule has 0 radical (unpaired) electrons. The minimum Gasteiger partial charge on any atom is -0.396 e. The summed E-state index contributed by atoms with van der Waals surface area (Å²) in [5.41, 5.74) is 5.94. The van der Waals surface area contributed by atoms with Gasteiger partial charge in [0.15, 0.2) is 5.78 Å². The van der Waals surface area contributed by atoms with Crippen LogP contribution in [0.15, 0.2) is 18.2 Å². The molecule has 2 nitrogen and oxygen atoms in total. The molecule has 0 atom stereocenters. The highest BCUT2D eigenvalue weighted by atomic mass is 19.1. The molecule has 1 aliphatic rings. The van der Waals surface area contributed by atoms with E-state index in [0.717, 1.165) is 25.7 Å². The fourth-order valence-electron chi connectivity index (χ4n) is 2.28. The quantitative estimate of drug-likeness (QED) is 0.615. The Morgan fingerprint density at radius 2 is 1.94 bits per heavy atom. The largest absolute Gasteiger partial charge is 0.396 e. The van der Waals surface area contributed by atoms with E-state index in [-0.39, 0.29) is 17.4 Å². The van der Waals surface area contributed by atoms with Crippen LogP contribution in [0.4, 0.5) is 10.1 Å². The lowest BCUT2D eigenvalue weighted by Gasteiger charge is -2.20. The molecule has 3 heteroatoms. The Bertz CT molecular complexity index is 397. The number of anilines is 1. The summed E-state index contributed by atoms with van der Waals surface area (Å²) in [6, 6.07) is 4.34. The fourth-order valence-corrected chi connectivity index (χ4v) is 2.28. The van der Waals surface area contributed by atoms with Gasteiger partial charge in [-0.05, 0) is 31.0 Å². The topological polar surface area (TPSA) is 43.1 Å². The highest BCUT2D eigenvalue weighted by molar-refractivity contribution is 5.98. The van der Waals surface area contributed by atoms with Crippen LogP contribution < -0.4 is 5.73 Å². The normalized spacial score (nSPS) is 17.3. The maximum Gasteiger partial charge on any atom is 0.166 e. The van der Waals surface area contributed by atoms with E-state index >= 15 is 0 Å². The molecule has 0 heterocycles. The first-order valence-corrected chi connectivity index (χ1v) is 5.77. The zero-order chi connectivity index (χ0) is 11.5. The van der Waals surface area contributed by atoms with Gasteiger partial charge in [0.2, 0.25) is 0 Å². The fraction of sp³-hybridized carbons (Fsp3) is 0.462. The number of Topliss-reactive ketones (excluding diaryl/α,β-unsaturated/α-hetero) is 1. The molecule has 1 aromatic rings. The highest BCUT2D eigenvalue weighted by Crippen LogP contribution is 2.27. The van der Waals surface area contributed by atoms with Gasteiger partial charge in [0, 0.05) is 11.5 Å². The van der Waals surface area contributed by atoms with Gasteiger partial charge in [-0.3, -0.25) is 4.79 Å². The SMILES string of the molecule is Nc1ccc(C(=O)C2CCCCC2)cc1F. The summed E-state index contributed by atoms with van der Waals surface area (Å²) in [5, 5.41) is 0. The van der Waals surface area contributed by atoms with Gasteiger partial charge in [-0.25, -0.2) is 4.39 Å². The molecule has 16 heavy (non-hydrogen) atoms. The summed E-state index contributed by atoms with van der Waals surface area (Å²) < 4.78 is 13.2. The second kappa shape index (κ2) is 4.64. The first-order chi connectivity index (χ1) is 7.68. The number of rotatable bonds is 2. The number of nitrogens with two attached hydrogens (primary N) is 1. The lowest BCUT2D eigenvalue weighted by atomic mass is 9.84. The Labute approximate surface area is 94.6 Å². The minimum absolute atomic E-state index is 0.0681. The molecular weight excluding hydrogens is 205 g/mol. The van der Waals surface area contributed by atoms with Crippen LogP contribution in [0.1, 0.15) is 42.5 Å². The van der Waals surface area contributed by atoms with E-state index in [0.29, 0.717) is 5.56 Å². The minimum atomic E-state index is -0.498. The Morgan fingerprint density at radius 3 is 2.56 bits per heavy atom. The van der Waals surface area contributed by atoms with E-state index in [2.05, 4.69) is 0 Å². The molecule has 0 spiro atoms. The Morgan fingerprint density at radius 1 is 1.25 bits per heavy atom. The first-order valence-electron chi connectivity index (χ1n) is 5.77. The van der Waals surface area contributed by atoms with Gasteiger partial charge in [-0.1, -0.05) is 19.3 Å². The summed E-state index contributed by atoms with van der Waals surface area (Å²) in [6.45, 7) is 0. The molecule has 0 amide bonds. The van der Waals surface area contributed by atoms with E-state index in [1.165, 1.54) is 18.6 Å². The van der Waals surface area contributed by atoms with E-state index in [9.17, 15) is 9.18 Å². The van der Waals surface area contributed by atoms with Crippen LogP contribution in [0, 0.1) is 11.7 Å². The van der Waals surface area contributed by atoms with Gasteiger partial charge in [-0.2, -0.15) is 0 Å². The van der Waals surface area contributed by atoms with Gasteiger partial charge in [0.1, 0.15) is 5.82 Å². The second-order valence-corrected chi connectivity index (χ2v) is 4.44. The third kappa shape index (κ3) is 2.23. The van der Waals surface area contributed by atoms with Crippen molar-refractivity contribution in [2.75, 3.05) is 5.73 Å². The van der Waals surface area contributed by atoms with Crippen molar-refractivity contribution in [2.24, 2.45) is 5.92 Å². The highest BCUT2D eigenvalue weighted by Gasteiger charge is 2.22. The molecule has 0 aromatic heterocycles. The lowest BCUT2D eigenvalue weighted by Crippen LogP contribution is -2.18. The molecule has 1 fully saturated rings. The monoisotopic (exact) mass is 221 g/mol. The molecule has 1 saturated carbocycles. The van der Waals surface area contributed by atoms with Crippen molar-refractivity contribution in [3.63, 3.8) is 0 Å². The molecule has 1 aromatic carbocycles. The Balaban J connectivity index is 2.16. The maximum atomic E-state index is 13.2. The predicted octanol–water partition coefficient (Wildman–Crippen LogP) is 3.17. The molecule has 2 rings (SSSR count). The van der Waals surface area contributed by atoms with E-state index < -0.39 is 5.82 Å². The summed E-state index contributed by atoms with van der Waals surface area (Å²) in [5.74, 6) is -0.350. The van der Waals surface area contributed by atoms with Crippen molar-refractivity contribution < 1.29 is 9.18 Å². The second-order valence-electron chi connectivity index (χ2n) is 4.44. The summed E-state index contributed by atoms with van der Waals surface area (Å²) in [7, 11) is 0. The standard InChI is InChI=1S/C13H16FNO/c14-11-8-10(6-7-12(11)15)13(16)9-4-2-1-3-5-9/h6-9H,1-5,15H2. The van der Waals surface area contributed by atoms with Gasteiger partial charge >= 0.3 is 0 Å². The van der Waals surface area contributed by atoms with Crippen molar-refractivity contribution >= 4 is 11.5 Å². The van der Waals surface area contributed by atoms with E-state index in [4.69, 9.17) is 5.73 Å². The van der Waals surface area contributed by atoms with Crippen LogP contribution in [0.2, 0.25) is 0 Å². The van der Waals surface area contributed by atoms with Gasteiger partial charge in [-0.15, -0.1) is 0 Å². The molecule has 0 unspecified atom stereocenters. The number of hydrogen-bond acceptors (Lipinski definition) is 2. The summed E-state index contributed by atoms with van der Waals surface area (Å²) in [6.07, 6.45) is 5.29. The molecule has 1 aliphatic carbocycles. The van der Waals surface area contributed by atoms with Gasteiger partial charge < -0.3 is 5.73 Å². The number of benzene rings is 1. The van der Waals surface area contributed by atoms with Crippen LogP contribution in [-0.2, 0) is 0 Å². The van der Waals surface area contributed by atoms with Crippen LogP contribution in [0.3, 0.4) is 0 Å². The number of ketones is 1. The van der Waals surface area contributed by atoms with Crippen molar-refractivity contribution in [3.05, 3.63) is 29.6 Å². The average Bonchev–Trinajstić information content (AvgIpc) is 2.33. The molecule has 86 valence electrons. The van der Waals surface area contributed by atoms with Gasteiger partial charge in [0.05, 0.1) is 5.69 Å². The number of carbonyl (C=O) groups excluding carboxylic acids is 1. The Hall–Kier alpha value is -1.38. The average molecular weight is 221 g/mol.